The van der Waals surface area contributed by atoms with Gasteiger partial charge in [-0.05, 0) is 17.8 Å². The van der Waals surface area contributed by atoms with Crippen molar-refractivity contribution in [1.29, 1.82) is 5.26 Å². The molecule has 0 amide bonds. The number of thiocyanates is 1. The highest BCUT2D eigenvalue weighted by atomic mass is 32.2. The molecule has 1 aromatic heterocycles. The second-order valence-electron chi connectivity index (χ2n) is 3.02. The molecule has 0 bridgehead atoms. The Morgan fingerprint density at radius 2 is 2.44 bits per heavy atom. The van der Waals surface area contributed by atoms with Crippen LogP contribution in [0, 0.1) is 20.8 Å². The van der Waals surface area contributed by atoms with Gasteiger partial charge in [0.05, 0.1) is 21.7 Å². The van der Waals surface area contributed by atoms with E-state index in [1.165, 1.54) is 12.1 Å². The lowest BCUT2D eigenvalue weighted by molar-refractivity contribution is -0.384. The molecule has 0 aliphatic rings. The van der Waals surface area contributed by atoms with Crippen molar-refractivity contribution in [2.24, 2.45) is 0 Å². The van der Waals surface area contributed by atoms with E-state index in [2.05, 4.69) is 9.97 Å². The van der Waals surface area contributed by atoms with Gasteiger partial charge in [0, 0.05) is 12.1 Å². The number of nitrogens with one attached hydrogen (secondary N) is 1. The zero-order valence-corrected chi connectivity index (χ0v) is 8.82. The molecule has 0 aliphatic heterocycles. The van der Waals surface area contributed by atoms with Gasteiger partial charge in [-0.25, -0.2) is 4.98 Å². The van der Waals surface area contributed by atoms with Gasteiger partial charge in [-0.2, -0.15) is 5.26 Å². The van der Waals surface area contributed by atoms with Crippen LogP contribution < -0.4 is 0 Å². The lowest BCUT2D eigenvalue weighted by Gasteiger charge is -1.89. The fourth-order valence-electron chi connectivity index (χ4n) is 1.33. The molecule has 0 fully saturated rings. The van der Waals surface area contributed by atoms with Gasteiger partial charge < -0.3 is 4.98 Å². The maximum Gasteiger partial charge on any atom is 0.271 e. The Kier molecular flexibility index (Phi) is 2.74. The normalized spacial score (nSPS) is 10.2. The van der Waals surface area contributed by atoms with Gasteiger partial charge in [0.1, 0.15) is 11.2 Å². The van der Waals surface area contributed by atoms with Crippen molar-refractivity contribution in [2.75, 3.05) is 0 Å². The number of non-ortho nitro benzene ring substituents is 1. The van der Waals surface area contributed by atoms with E-state index < -0.39 is 4.92 Å². The van der Waals surface area contributed by atoms with Crippen LogP contribution in [0.5, 0.6) is 0 Å². The average Bonchev–Trinajstić information content (AvgIpc) is 2.67. The van der Waals surface area contributed by atoms with Gasteiger partial charge in [0.2, 0.25) is 0 Å². The second kappa shape index (κ2) is 4.20. The first-order valence-corrected chi connectivity index (χ1v) is 5.33. The van der Waals surface area contributed by atoms with E-state index in [1.807, 2.05) is 5.40 Å². The number of hydrogen-bond acceptors (Lipinski definition) is 5. The Labute approximate surface area is 94.4 Å². The first-order chi connectivity index (χ1) is 7.70. The Balaban J connectivity index is 2.39. The van der Waals surface area contributed by atoms with Crippen molar-refractivity contribution < 1.29 is 4.92 Å². The smallest absolute Gasteiger partial charge is 0.271 e. The van der Waals surface area contributed by atoms with Gasteiger partial charge in [0.25, 0.3) is 5.69 Å². The minimum atomic E-state index is -0.454. The van der Waals surface area contributed by atoms with E-state index in [-0.39, 0.29) is 5.69 Å². The number of nitro groups is 1. The van der Waals surface area contributed by atoms with Gasteiger partial charge >= 0.3 is 0 Å². The van der Waals surface area contributed by atoms with Crippen LogP contribution in [0.4, 0.5) is 5.69 Å². The molecule has 0 atom stereocenters. The van der Waals surface area contributed by atoms with Crippen molar-refractivity contribution in [1.82, 2.24) is 9.97 Å². The summed E-state index contributed by atoms with van der Waals surface area (Å²) in [4.78, 5) is 17.2. The number of nitrogens with zero attached hydrogens (tertiary/aromatic N) is 3. The molecular formula is C9H6N4O2S. The molecule has 1 aromatic carbocycles. The molecule has 1 N–H and O–H groups in total. The molecule has 0 saturated heterocycles. The molecule has 1 heterocycles. The van der Waals surface area contributed by atoms with Gasteiger partial charge in [-0.3, -0.25) is 10.1 Å². The maximum absolute atomic E-state index is 10.5. The molecule has 2 rings (SSSR count). The molecule has 0 radical (unpaired) electrons. The highest BCUT2D eigenvalue weighted by Crippen LogP contribution is 2.20. The van der Waals surface area contributed by atoms with Crippen LogP contribution in [-0.2, 0) is 5.75 Å². The van der Waals surface area contributed by atoms with Crippen LogP contribution in [0.3, 0.4) is 0 Å². The van der Waals surface area contributed by atoms with Crippen LogP contribution in [-0.4, -0.2) is 14.9 Å². The fourth-order valence-corrected chi connectivity index (χ4v) is 1.67. The fraction of sp³-hybridized carbons (Fsp3) is 0.111. The number of benzene rings is 1. The SMILES string of the molecule is N#CSCc1nc2ccc([N+](=O)[O-])cc2[nH]1. The molecule has 0 aliphatic carbocycles. The summed E-state index contributed by atoms with van der Waals surface area (Å²) in [5.74, 6) is 1.08. The van der Waals surface area contributed by atoms with Crippen molar-refractivity contribution >= 4 is 28.5 Å². The third kappa shape index (κ3) is 1.97. The van der Waals surface area contributed by atoms with Crippen molar-refractivity contribution in [3.8, 4) is 5.40 Å². The first-order valence-electron chi connectivity index (χ1n) is 4.34. The van der Waals surface area contributed by atoms with E-state index in [0.717, 1.165) is 11.8 Å². The van der Waals surface area contributed by atoms with E-state index in [4.69, 9.17) is 5.26 Å². The second-order valence-corrected chi connectivity index (χ2v) is 3.78. The third-order valence-corrected chi connectivity index (χ3v) is 2.55. The molecule has 0 unspecified atom stereocenters. The summed E-state index contributed by atoms with van der Waals surface area (Å²) in [6.45, 7) is 0. The van der Waals surface area contributed by atoms with E-state index in [9.17, 15) is 10.1 Å². The van der Waals surface area contributed by atoms with Gasteiger partial charge in [-0.15, -0.1) is 0 Å². The van der Waals surface area contributed by atoms with Crippen LogP contribution in [0.25, 0.3) is 11.0 Å². The van der Waals surface area contributed by atoms with Crippen molar-refractivity contribution in [3.63, 3.8) is 0 Å². The molecule has 0 spiro atoms. The van der Waals surface area contributed by atoms with Crippen LogP contribution >= 0.6 is 11.8 Å². The summed E-state index contributed by atoms with van der Waals surface area (Å²) in [6, 6.07) is 4.43. The lowest BCUT2D eigenvalue weighted by Crippen LogP contribution is -1.86. The summed E-state index contributed by atoms with van der Waals surface area (Å²) in [7, 11) is 0. The molecule has 0 saturated carbocycles. The Hall–Kier alpha value is -2.07. The molecule has 2 aromatic rings. The summed E-state index contributed by atoms with van der Waals surface area (Å²) in [6.07, 6.45) is 0. The number of hydrogen-bond donors (Lipinski definition) is 1. The number of imidazole rings is 1. The molecule has 7 heteroatoms. The predicted molar refractivity (Wildman–Crippen MR) is 59.7 cm³/mol. The largest absolute Gasteiger partial charge is 0.341 e. The number of nitriles is 1. The van der Waals surface area contributed by atoms with E-state index in [1.54, 1.807) is 6.07 Å². The summed E-state index contributed by atoms with van der Waals surface area (Å²) in [5, 5.41) is 20.9. The summed E-state index contributed by atoms with van der Waals surface area (Å²) in [5.41, 5.74) is 1.30. The number of fused-ring (bicyclic) bond motifs is 1. The maximum atomic E-state index is 10.5. The Morgan fingerprint density at radius 1 is 1.62 bits per heavy atom. The molecule has 80 valence electrons. The molecule has 16 heavy (non-hydrogen) atoms. The van der Waals surface area contributed by atoms with Crippen LogP contribution in [0.1, 0.15) is 5.82 Å². The first kappa shape index (κ1) is 10.4. The average molecular weight is 234 g/mol. The number of H-pyrrole nitrogens is 1. The highest BCUT2D eigenvalue weighted by Gasteiger charge is 2.09. The number of nitro benzene ring substituents is 1. The predicted octanol–water partition coefficient (Wildman–Crippen LogP) is 2.19. The van der Waals surface area contributed by atoms with Crippen LogP contribution in [0.2, 0.25) is 0 Å². The van der Waals surface area contributed by atoms with Gasteiger partial charge in [0.15, 0.2) is 0 Å². The van der Waals surface area contributed by atoms with Crippen molar-refractivity contribution in [3.05, 3.63) is 34.1 Å². The topological polar surface area (TPSA) is 95.6 Å². The number of aromatic nitrogens is 2. The monoisotopic (exact) mass is 234 g/mol. The Bertz CT molecular complexity index is 587. The summed E-state index contributed by atoms with van der Waals surface area (Å²) < 4.78 is 0. The van der Waals surface area contributed by atoms with Crippen LogP contribution in [0.15, 0.2) is 18.2 Å². The molecular weight excluding hydrogens is 228 g/mol. The third-order valence-electron chi connectivity index (χ3n) is 2.00. The minimum absolute atomic E-state index is 0.0237. The number of thioether (sulfide) groups is 1. The Morgan fingerprint density at radius 3 is 3.12 bits per heavy atom. The quantitative estimate of drug-likeness (QED) is 0.499. The zero-order chi connectivity index (χ0) is 11.5. The van der Waals surface area contributed by atoms with Gasteiger partial charge in [-0.1, -0.05) is 0 Å². The highest BCUT2D eigenvalue weighted by molar-refractivity contribution is 8.02. The number of rotatable bonds is 3. The number of aromatic amines is 1. The van der Waals surface area contributed by atoms with Crippen molar-refractivity contribution in [2.45, 2.75) is 5.75 Å². The standard InChI is InChI=1S/C9H6N4O2S/c10-5-16-4-9-11-7-2-1-6(13(14)15)3-8(7)12-9/h1-3H,4H2,(H,11,12). The zero-order valence-electron chi connectivity index (χ0n) is 8.01. The van der Waals surface area contributed by atoms with E-state index in [0.29, 0.717) is 22.6 Å². The van der Waals surface area contributed by atoms with E-state index >= 15 is 0 Å². The lowest BCUT2D eigenvalue weighted by atomic mass is 10.3. The minimum Gasteiger partial charge on any atom is -0.341 e. The summed E-state index contributed by atoms with van der Waals surface area (Å²) >= 11 is 1.06. The molecule has 6 nitrogen and oxygen atoms in total.